The van der Waals surface area contributed by atoms with E-state index >= 15 is 0 Å². The number of aliphatic hydroxyl groups is 2. The van der Waals surface area contributed by atoms with Crippen molar-refractivity contribution in [2.45, 2.75) is 51.7 Å². The first-order valence-electron chi connectivity index (χ1n) is 8.07. The topological polar surface area (TPSA) is 113 Å². The van der Waals surface area contributed by atoms with Gasteiger partial charge in [-0.15, -0.1) is 0 Å². The molecule has 0 radical (unpaired) electrons. The van der Waals surface area contributed by atoms with Crippen LogP contribution in [0.4, 0.5) is 5.95 Å². The molecule has 4 N–H and O–H groups in total. The fourth-order valence-corrected chi connectivity index (χ4v) is 3.87. The molecule has 1 saturated carbocycles. The normalized spacial score (nSPS) is 26.2. The summed E-state index contributed by atoms with van der Waals surface area (Å²) < 4.78 is 0. The molecule has 1 aliphatic carbocycles. The Hall–Kier alpha value is -1.73. The van der Waals surface area contributed by atoms with E-state index in [4.69, 9.17) is 5.73 Å². The standard InChI is InChI=1S/C16H24N4O3/c1-9-11(10(2)19-15(17)18-9)7-14(23)20-5-3-16(4-6-20)12(21)8-13(16)22/h12-13,21-22H,3-8H2,1-2H3,(H2,17,18,19)/t12-,13+. The Labute approximate surface area is 135 Å². The summed E-state index contributed by atoms with van der Waals surface area (Å²) in [4.78, 5) is 22.6. The molecule has 1 aromatic rings. The van der Waals surface area contributed by atoms with E-state index in [2.05, 4.69) is 9.97 Å². The second-order valence-corrected chi connectivity index (χ2v) is 6.79. The Morgan fingerprint density at radius 3 is 2.22 bits per heavy atom. The Bertz CT molecular complexity index is 593. The number of aryl methyl sites for hydroxylation is 2. The minimum absolute atomic E-state index is 0.0303. The van der Waals surface area contributed by atoms with Crippen LogP contribution < -0.4 is 5.73 Å². The van der Waals surface area contributed by atoms with Crippen molar-refractivity contribution in [2.24, 2.45) is 5.41 Å². The van der Waals surface area contributed by atoms with Gasteiger partial charge in [0.15, 0.2) is 0 Å². The number of carbonyl (C=O) groups excluding carboxylic acids is 1. The van der Waals surface area contributed by atoms with E-state index in [-0.39, 0.29) is 18.3 Å². The average molecular weight is 320 g/mol. The number of hydrogen-bond donors (Lipinski definition) is 3. The van der Waals surface area contributed by atoms with Gasteiger partial charge < -0.3 is 20.8 Å². The van der Waals surface area contributed by atoms with Gasteiger partial charge in [-0.2, -0.15) is 0 Å². The Kier molecular flexibility index (Phi) is 4.01. The first-order valence-corrected chi connectivity index (χ1v) is 8.07. The number of anilines is 1. The van der Waals surface area contributed by atoms with E-state index in [9.17, 15) is 15.0 Å². The van der Waals surface area contributed by atoms with Crippen LogP contribution in [0.1, 0.15) is 36.2 Å². The molecule has 2 heterocycles. The lowest BCUT2D eigenvalue weighted by Crippen LogP contribution is -2.62. The number of nitrogens with two attached hydrogens (primary N) is 1. The Morgan fingerprint density at radius 1 is 1.22 bits per heavy atom. The predicted molar refractivity (Wildman–Crippen MR) is 84.5 cm³/mol. The molecule has 0 aromatic carbocycles. The number of aliphatic hydroxyl groups excluding tert-OH is 2. The molecule has 7 heteroatoms. The molecule has 3 rings (SSSR count). The molecule has 2 atom stereocenters. The van der Waals surface area contributed by atoms with Gasteiger partial charge in [-0.05, 0) is 26.7 Å². The van der Waals surface area contributed by atoms with Crippen LogP contribution in [0.5, 0.6) is 0 Å². The fraction of sp³-hybridized carbons (Fsp3) is 0.688. The number of hydrogen-bond acceptors (Lipinski definition) is 6. The molecular weight excluding hydrogens is 296 g/mol. The number of rotatable bonds is 2. The first-order chi connectivity index (χ1) is 10.8. The molecule has 23 heavy (non-hydrogen) atoms. The van der Waals surface area contributed by atoms with Crippen LogP contribution in [0.15, 0.2) is 0 Å². The van der Waals surface area contributed by atoms with Crippen molar-refractivity contribution in [3.63, 3.8) is 0 Å². The number of amides is 1. The zero-order valence-corrected chi connectivity index (χ0v) is 13.6. The molecule has 0 unspecified atom stereocenters. The monoisotopic (exact) mass is 320 g/mol. The van der Waals surface area contributed by atoms with Crippen LogP contribution in [0.25, 0.3) is 0 Å². The van der Waals surface area contributed by atoms with E-state index in [1.165, 1.54) is 0 Å². The first kappa shape index (κ1) is 16.1. The number of carbonyl (C=O) groups is 1. The summed E-state index contributed by atoms with van der Waals surface area (Å²) in [5.74, 6) is 0.256. The highest BCUT2D eigenvalue weighted by molar-refractivity contribution is 5.79. The van der Waals surface area contributed by atoms with Gasteiger partial charge >= 0.3 is 0 Å². The van der Waals surface area contributed by atoms with E-state index in [1.807, 2.05) is 13.8 Å². The van der Waals surface area contributed by atoms with Gasteiger partial charge in [-0.3, -0.25) is 4.79 Å². The third kappa shape index (κ3) is 2.68. The van der Waals surface area contributed by atoms with E-state index in [1.54, 1.807) is 4.90 Å². The molecule has 0 bridgehead atoms. The van der Waals surface area contributed by atoms with E-state index < -0.39 is 17.6 Å². The van der Waals surface area contributed by atoms with Gasteiger partial charge in [0.05, 0.1) is 18.6 Å². The molecule has 1 saturated heterocycles. The number of nitrogen functional groups attached to an aromatic ring is 1. The molecule has 1 aromatic heterocycles. The van der Waals surface area contributed by atoms with Crippen molar-refractivity contribution in [1.29, 1.82) is 0 Å². The van der Waals surface area contributed by atoms with E-state index in [0.29, 0.717) is 32.4 Å². The fourth-order valence-electron chi connectivity index (χ4n) is 3.87. The maximum absolute atomic E-state index is 12.6. The van der Waals surface area contributed by atoms with Gasteiger partial charge in [-0.1, -0.05) is 0 Å². The second-order valence-electron chi connectivity index (χ2n) is 6.79. The second kappa shape index (κ2) is 5.72. The van der Waals surface area contributed by atoms with Gasteiger partial charge in [0.1, 0.15) is 0 Å². The number of nitrogens with zero attached hydrogens (tertiary/aromatic N) is 3. The summed E-state index contributed by atoms with van der Waals surface area (Å²) in [6.45, 7) is 4.81. The van der Waals surface area contributed by atoms with Crippen molar-refractivity contribution in [2.75, 3.05) is 18.8 Å². The quantitative estimate of drug-likeness (QED) is 0.704. The van der Waals surface area contributed by atoms with Crippen LogP contribution in [0, 0.1) is 19.3 Å². The van der Waals surface area contributed by atoms with Crippen LogP contribution >= 0.6 is 0 Å². The minimum atomic E-state index is -0.440. The lowest BCUT2D eigenvalue weighted by atomic mass is 9.58. The predicted octanol–water partition coefficient (Wildman–Crippen LogP) is -0.0476. The SMILES string of the molecule is Cc1nc(N)nc(C)c1CC(=O)N1CCC2(CC1)[C@H](O)C[C@@H]2O. The van der Waals surface area contributed by atoms with Gasteiger partial charge in [0.25, 0.3) is 0 Å². The molecule has 1 aliphatic heterocycles. The van der Waals surface area contributed by atoms with Crippen LogP contribution in [-0.2, 0) is 11.2 Å². The highest BCUT2D eigenvalue weighted by Gasteiger charge is 2.55. The summed E-state index contributed by atoms with van der Waals surface area (Å²) in [5.41, 5.74) is 7.52. The van der Waals surface area contributed by atoms with Crippen LogP contribution in [0.2, 0.25) is 0 Å². The lowest BCUT2D eigenvalue weighted by Gasteiger charge is -2.55. The van der Waals surface area contributed by atoms with Crippen LogP contribution in [-0.4, -0.2) is 56.3 Å². The van der Waals surface area contributed by atoms with E-state index in [0.717, 1.165) is 17.0 Å². The van der Waals surface area contributed by atoms with Crippen molar-refractivity contribution in [1.82, 2.24) is 14.9 Å². The third-order valence-electron chi connectivity index (χ3n) is 5.59. The number of piperidine rings is 1. The number of likely N-dealkylation sites (tertiary alicyclic amines) is 1. The summed E-state index contributed by atoms with van der Waals surface area (Å²) in [6.07, 6.45) is 1.13. The average Bonchev–Trinajstić information content (AvgIpc) is 2.51. The molecular formula is C16H24N4O3. The molecule has 126 valence electrons. The van der Waals surface area contributed by atoms with Crippen molar-refractivity contribution in [3.8, 4) is 0 Å². The molecule has 2 fully saturated rings. The zero-order chi connectivity index (χ0) is 16.8. The smallest absolute Gasteiger partial charge is 0.227 e. The van der Waals surface area contributed by atoms with Crippen molar-refractivity contribution in [3.05, 3.63) is 17.0 Å². The summed E-state index contributed by atoms with van der Waals surface area (Å²) in [6, 6.07) is 0. The summed E-state index contributed by atoms with van der Waals surface area (Å²) in [5, 5.41) is 19.9. The third-order valence-corrected chi connectivity index (χ3v) is 5.59. The Morgan fingerprint density at radius 2 is 1.74 bits per heavy atom. The van der Waals surface area contributed by atoms with Gasteiger partial charge in [0, 0.05) is 41.9 Å². The van der Waals surface area contributed by atoms with Crippen molar-refractivity contribution >= 4 is 11.9 Å². The molecule has 1 spiro atoms. The highest BCUT2D eigenvalue weighted by Crippen LogP contribution is 2.49. The highest BCUT2D eigenvalue weighted by atomic mass is 16.3. The lowest BCUT2D eigenvalue weighted by molar-refractivity contribution is -0.191. The molecule has 2 aliphatic rings. The van der Waals surface area contributed by atoms with Crippen molar-refractivity contribution < 1.29 is 15.0 Å². The number of aromatic nitrogens is 2. The van der Waals surface area contributed by atoms with Gasteiger partial charge in [0.2, 0.25) is 11.9 Å². The summed E-state index contributed by atoms with van der Waals surface area (Å²) in [7, 11) is 0. The van der Waals surface area contributed by atoms with Crippen LogP contribution in [0.3, 0.4) is 0 Å². The van der Waals surface area contributed by atoms with Gasteiger partial charge in [-0.25, -0.2) is 9.97 Å². The maximum atomic E-state index is 12.6. The Balaban J connectivity index is 1.65. The largest absolute Gasteiger partial charge is 0.392 e. The molecule has 7 nitrogen and oxygen atoms in total. The minimum Gasteiger partial charge on any atom is -0.392 e. The maximum Gasteiger partial charge on any atom is 0.227 e. The molecule has 1 amide bonds. The zero-order valence-electron chi connectivity index (χ0n) is 13.6. The summed E-state index contributed by atoms with van der Waals surface area (Å²) >= 11 is 0.